The Labute approximate surface area is 133 Å². The summed E-state index contributed by atoms with van der Waals surface area (Å²) in [6.45, 7) is 3.87. The maximum Gasteiger partial charge on any atom is 0.308 e. The number of carbonyl (C=O) groups is 2. The lowest BCUT2D eigenvalue weighted by atomic mass is 10.0. The molecule has 1 atom stereocenters. The third-order valence-electron chi connectivity index (χ3n) is 3.22. The minimum atomic E-state index is -1.01. The Morgan fingerprint density at radius 1 is 1.39 bits per heavy atom. The minimum Gasteiger partial charge on any atom is -0.494 e. The summed E-state index contributed by atoms with van der Waals surface area (Å²) in [5.41, 5.74) is -0.505. The second kappa shape index (κ2) is 8.72. The number of carboxylic acid groups (broad SMARTS) is 1. The smallest absolute Gasteiger partial charge is 0.308 e. The second-order valence-corrected chi connectivity index (χ2v) is 4.90. The zero-order valence-electron chi connectivity index (χ0n) is 13.1. The molecule has 0 saturated heterocycles. The number of benzene rings is 1. The summed E-state index contributed by atoms with van der Waals surface area (Å²) in [5.74, 6) is -2.09. The van der Waals surface area contributed by atoms with Gasteiger partial charge in [0.15, 0.2) is 0 Å². The fourth-order valence-electron chi connectivity index (χ4n) is 2.09. The van der Waals surface area contributed by atoms with Gasteiger partial charge in [0.1, 0.15) is 11.3 Å². The SMILES string of the molecule is CCCC(CNC(=O)c1cc(OCC)ccc1[N+](=O)[O-])C(=O)O. The van der Waals surface area contributed by atoms with E-state index in [1.807, 2.05) is 6.92 Å². The Morgan fingerprint density at radius 3 is 2.61 bits per heavy atom. The van der Waals surface area contributed by atoms with Crippen LogP contribution in [0.25, 0.3) is 0 Å². The van der Waals surface area contributed by atoms with E-state index in [9.17, 15) is 19.7 Å². The number of hydrogen-bond acceptors (Lipinski definition) is 5. The number of ether oxygens (including phenoxy) is 1. The van der Waals surface area contributed by atoms with Gasteiger partial charge in [-0.05, 0) is 25.5 Å². The van der Waals surface area contributed by atoms with Crippen LogP contribution in [0.1, 0.15) is 37.0 Å². The molecule has 0 bridgehead atoms. The Bertz CT molecular complexity index is 587. The van der Waals surface area contributed by atoms with Gasteiger partial charge < -0.3 is 15.2 Å². The normalized spacial score (nSPS) is 11.6. The van der Waals surface area contributed by atoms with Crippen LogP contribution in [0.4, 0.5) is 5.69 Å². The zero-order chi connectivity index (χ0) is 17.4. The number of nitrogens with one attached hydrogen (secondary N) is 1. The van der Waals surface area contributed by atoms with Crippen molar-refractivity contribution >= 4 is 17.6 Å². The molecule has 0 saturated carbocycles. The number of nitro groups is 1. The van der Waals surface area contributed by atoms with E-state index in [2.05, 4.69) is 5.32 Å². The molecular weight excluding hydrogens is 304 g/mol. The van der Waals surface area contributed by atoms with Crippen LogP contribution in [-0.4, -0.2) is 35.1 Å². The Kier molecular flexibility index (Phi) is 6.98. The van der Waals surface area contributed by atoms with Gasteiger partial charge in [-0.1, -0.05) is 13.3 Å². The maximum absolute atomic E-state index is 12.2. The largest absolute Gasteiger partial charge is 0.494 e. The molecule has 0 heterocycles. The van der Waals surface area contributed by atoms with Gasteiger partial charge in [-0.15, -0.1) is 0 Å². The van der Waals surface area contributed by atoms with Gasteiger partial charge in [0.25, 0.3) is 11.6 Å². The monoisotopic (exact) mass is 324 g/mol. The summed E-state index contributed by atoms with van der Waals surface area (Å²) in [6.07, 6.45) is 1.07. The van der Waals surface area contributed by atoms with Gasteiger partial charge in [0.2, 0.25) is 0 Å². The number of carbonyl (C=O) groups excluding carboxylic acids is 1. The molecule has 1 amide bonds. The number of aliphatic carboxylic acids is 1. The Balaban J connectivity index is 2.94. The van der Waals surface area contributed by atoms with Crippen LogP contribution < -0.4 is 10.1 Å². The first-order valence-corrected chi connectivity index (χ1v) is 7.32. The van der Waals surface area contributed by atoms with Crippen LogP contribution in [0, 0.1) is 16.0 Å². The molecule has 1 aromatic rings. The predicted octanol–water partition coefficient (Wildman–Crippen LogP) is 2.22. The molecule has 1 unspecified atom stereocenters. The molecule has 1 aromatic carbocycles. The van der Waals surface area contributed by atoms with Crippen LogP contribution in [0.3, 0.4) is 0 Å². The number of nitrogens with zero attached hydrogens (tertiary/aromatic N) is 1. The Morgan fingerprint density at radius 2 is 2.09 bits per heavy atom. The fraction of sp³-hybridized carbons (Fsp3) is 0.467. The van der Waals surface area contributed by atoms with E-state index in [1.54, 1.807) is 6.92 Å². The summed E-state index contributed by atoms with van der Waals surface area (Å²) in [7, 11) is 0. The molecule has 2 N–H and O–H groups in total. The molecule has 23 heavy (non-hydrogen) atoms. The Hall–Kier alpha value is -2.64. The molecule has 0 fully saturated rings. The summed E-state index contributed by atoms with van der Waals surface area (Å²) < 4.78 is 5.24. The lowest BCUT2D eigenvalue weighted by Gasteiger charge is -2.13. The number of hydrogen-bond donors (Lipinski definition) is 2. The number of rotatable bonds is 9. The molecule has 0 radical (unpaired) electrons. The first-order valence-electron chi connectivity index (χ1n) is 7.32. The average molecular weight is 324 g/mol. The van der Waals surface area contributed by atoms with Crippen molar-refractivity contribution in [1.82, 2.24) is 5.32 Å². The van der Waals surface area contributed by atoms with Crippen LogP contribution >= 0.6 is 0 Å². The third-order valence-corrected chi connectivity index (χ3v) is 3.22. The van der Waals surface area contributed by atoms with E-state index in [-0.39, 0.29) is 17.8 Å². The van der Waals surface area contributed by atoms with E-state index >= 15 is 0 Å². The second-order valence-electron chi connectivity index (χ2n) is 4.90. The zero-order valence-corrected chi connectivity index (χ0v) is 13.1. The van der Waals surface area contributed by atoms with Crippen LogP contribution in [-0.2, 0) is 4.79 Å². The number of carboxylic acids is 1. The van der Waals surface area contributed by atoms with Crippen molar-refractivity contribution in [1.29, 1.82) is 0 Å². The molecule has 8 nitrogen and oxygen atoms in total. The number of amides is 1. The molecule has 1 rings (SSSR count). The molecular formula is C15H20N2O6. The van der Waals surface area contributed by atoms with Gasteiger partial charge in [-0.2, -0.15) is 0 Å². The maximum atomic E-state index is 12.2. The fourth-order valence-corrected chi connectivity index (χ4v) is 2.09. The van der Waals surface area contributed by atoms with Crippen molar-refractivity contribution in [3.63, 3.8) is 0 Å². The highest BCUT2D eigenvalue weighted by molar-refractivity contribution is 5.98. The highest BCUT2D eigenvalue weighted by atomic mass is 16.6. The molecule has 0 aliphatic rings. The van der Waals surface area contributed by atoms with Gasteiger partial charge in [0.05, 0.1) is 17.4 Å². The summed E-state index contributed by atoms with van der Waals surface area (Å²) in [5, 5.41) is 22.6. The topological polar surface area (TPSA) is 119 Å². The van der Waals surface area contributed by atoms with Crippen molar-refractivity contribution in [3.8, 4) is 5.75 Å². The van der Waals surface area contributed by atoms with E-state index in [0.717, 1.165) is 0 Å². The van der Waals surface area contributed by atoms with Crippen LogP contribution in [0.15, 0.2) is 18.2 Å². The third kappa shape index (κ3) is 5.24. The van der Waals surface area contributed by atoms with Gasteiger partial charge in [0, 0.05) is 12.6 Å². The average Bonchev–Trinajstić information content (AvgIpc) is 2.50. The molecule has 126 valence electrons. The quantitative estimate of drug-likeness (QED) is 0.531. The molecule has 0 aliphatic carbocycles. The molecule has 0 aliphatic heterocycles. The van der Waals surface area contributed by atoms with Crippen LogP contribution in [0.5, 0.6) is 5.75 Å². The van der Waals surface area contributed by atoms with Crippen LogP contribution in [0.2, 0.25) is 0 Å². The first-order chi connectivity index (χ1) is 10.9. The molecule has 0 aromatic heterocycles. The van der Waals surface area contributed by atoms with Crippen molar-refractivity contribution in [3.05, 3.63) is 33.9 Å². The predicted molar refractivity (Wildman–Crippen MR) is 82.6 cm³/mol. The lowest BCUT2D eigenvalue weighted by Crippen LogP contribution is -2.33. The van der Waals surface area contributed by atoms with Gasteiger partial charge >= 0.3 is 5.97 Å². The first kappa shape index (κ1) is 18.4. The highest BCUT2D eigenvalue weighted by Gasteiger charge is 2.23. The summed E-state index contributed by atoms with van der Waals surface area (Å²) in [6, 6.07) is 3.89. The van der Waals surface area contributed by atoms with Crippen molar-refractivity contribution in [2.24, 2.45) is 5.92 Å². The lowest BCUT2D eigenvalue weighted by molar-refractivity contribution is -0.385. The summed E-state index contributed by atoms with van der Waals surface area (Å²) >= 11 is 0. The highest BCUT2D eigenvalue weighted by Crippen LogP contribution is 2.24. The standard InChI is InChI=1S/C15H20N2O6/c1-3-5-10(15(19)20)9-16-14(18)12-8-11(23-4-2)6-7-13(12)17(21)22/h6-8,10H,3-5,9H2,1-2H3,(H,16,18)(H,19,20). The summed E-state index contributed by atoms with van der Waals surface area (Å²) in [4.78, 5) is 33.6. The van der Waals surface area contributed by atoms with Crippen molar-refractivity contribution in [2.75, 3.05) is 13.2 Å². The molecule has 0 spiro atoms. The van der Waals surface area contributed by atoms with E-state index < -0.39 is 22.7 Å². The number of nitro benzene ring substituents is 1. The van der Waals surface area contributed by atoms with Gasteiger partial charge in [-0.3, -0.25) is 19.7 Å². The van der Waals surface area contributed by atoms with E-state index in [0.29, 0.717) is 25.2 Å². The molecule has 8 heteroatoms. The van der Waals surface area contributed by atoms with Crippen molar-refractivity contribution in [2.45, 2.75) is 26.7 Å². The van der Waals surface area contributed by atoms with E-state index in [4.69, 9.17) is 9.84 Å². The van der Waals surface area contributed by atoms with Gasteiger partial charge in [-0.25, -0.2) is 0 Å². The van der Waals surface area contributed by atoms with Crippen molar-refractivity contribution < 1.29 is 24.4 Å². The van der Waals surface area contributed by atoms with E-state index in [1.165, 1.54) is 18.2 Å². The minimum absolute atomic E-state index is 0.0853.